The van der Waals surface area contributed by atoms with Crippen LogP contribution in [0.1, 0.15) is 22.8 Å². The molecule has 0 bridgehead atoms. The van der Waals surface area contributed by atoms with Gasteiger partial charge in [0.05, 0.1) is 12.2 Å². The first-order chi connectivity index (χ1) is 12.2. The Balaban J connectivity index is 1.53. The zero-order valence-corrected chi connectivity index (χ0v) is 16.0. The van der Waals surface area contributed by atoms with Crippen LogP contribution in [0.3, 0.4) is 0 Å². The van der Waals surface area contributed by atoms with E-state index in [0.29, 0.717) is 6.61 Å². The molecule has 0 N–H and O–H groups in total. The van der Waals surface area contributed by atoms with Gasteiger partial charge in [-0.05, 0) is 52.7 Å². The molecular weight excluding hydrogens is 380 g/mol. The van der Waals surface area contributed by atoms with Crippen LogP contribution in [-0.4, -0.2) is 48.5 Å². The summed E-state index contributed by atoms with van der Waals surface area (Å²) in [4.78, 5) is 17.0. The van der Waals surface area contributed by atoms with Gasteiger partial charge in [0.15, 0.2) is 0 Å². The van der Waals surface area contributed by atoms with E-state index in [1.165, 1.54) is 5.56 Å². The smallest absolute Gasteiger partial charge is 0.255 e. The molecule has 1 heterocycles. The molecule has 0 unspecified atom stereocenters. The molecule has 1 fully saturated rings. The molecule has 0 atom stereocenters. The Morgan fingerprint density at radius 1 is 1.04 bits per heavy atom. The number of benzene rings is 2. The molecule has 0 saturated carbocycles. The average molecular weight is 403 g/mol. The van der Waals surface area contributed by atoms with Gasteiger partial charge in [-0.2, -0.15) is 0 Å². The summed E-state index contributed by atoms with van der Waals surface area (Å²) in [5.74, 6) is 1.02. The molecule has 1 aliphatic heterocycles. The third kappa shape index (κ3) is 4.61. The third-order valence-corrected chi connectivity index (χ3v) is 5.10. The fraction of sp³-hybridized carbons (Fsp3) is 0.350. The number of hydrogen-bond acceptors (Lipinski definition) is 3. The Labute approximate surface area is 157 Å². The van der Waals surface area contributed by atoms with Gasteiger partial charge in [-0.15, -0.1) is 0 Å². The molecule has 25 heavy (non-hydrogen) atoms. The Bertz CT molecular complexity index is 710. The van der Waals surface area contributed by atoms with Crippen molar-refractivity contribution in [3.05, 3.63) is 64.1 Å². The van der Waals surface area contributed by atoms with Crippen molar-refractivity contribution in [3.63, 3.8) is 0 Å². The number of piperazine rings is 1. The van der Waals surface area contributed by atoms with Crippen molar-refractivity contribution in [3.8, 4) is 5.75 Å². The Hall–Kier alpha value is -1.85. The number of rotatable bonds is 5. The van der Waals surface area contributed by atoms with Crippen LogP contribution in [0, 0.1) is 0 Å². The molecule has 1 aliphatic rings. The highest BCUT2D eigenvalue weighted by Gasteiger charge is 2.23. The van der Waals surface area contributed by atoms with E-state index in [1.807, 2.05) is 48.2 Å². The topological polar surface area (TPSA) is 32.8 Å². The van der Waals surface area contributed by atoms with Gasteiger partial charge in [0.25, 0.3) is 5.91 Å². The highest BCUT2D eigenvalue weighted by Crippen LogP contribution is 2.19. The number of ether oxygens (including phenoxy) is 1. The van der Waals surface area contributed by atoms with Crippen molar-refractivity contribution in [2.24, 2.45) is 0 Å². The molecule has 1 amide bonds. The number of halogens is 1. The van der Waals surface area contributed by atoms with Crippen molar-refractivity contribution in [2.45, 2.75) is 13.5 Å². The first-order valence-electron chi connectivity index (χ1n) is 8.65. The van der Waals surface area contributed by atoms with Crippen molar-refractivity contribution in [1.82, 2.24) is 9.80 Å². The monoisotopic (exact) mass is 402 g/mol. The van der Waals surface area contributed by atoms with Gasteiger partial charge in [-0.25, -0.2) is 0 Å². The van der Waals surface area contributed by atoms with Crippen LogP contribution in [0.25, 0.3) is 0 Å². The van der Waals surface area contributed by atoms with Crippen LogP contribution < -0.4 is 4.74 Å². The summed E-state index contributed by atoms with van der Waals surface area (Å²) in [6.07, 6.45) is 0. The molecule has 0 aliphatic carbocycles. The zero-order chi connectivity index (χ0) is 17.6. The molecule has 2 aromatic rings. The van der Waals surface area contributed by atoms with Crippen molar-refractivity contribution < 1.29 is 9.53 Å². The van der Waals surface area contributed by atoms with E-state index in [9.17, 15) is 4.79 Å². The van der Waals surface area contributed by atoms with Gasteiger partial charge < -0.3 is 9.64 Å². The SMILES string of the molecule is CCOc1ccc(CN2CCN(C(=O)c3ccccc3Br)CC2)cc1. The lowest BCUT2D eigenvalue weighted by Crippen LogP contribution is -2.48. The molecule has 0 aromatic heterocycles. The maximum atomic E-state index is 12.6. The summed E-state index contributed by atoms with van der Waals surface area (Å²) in [6, 6.07) is 15.9. The maximum Gasteiger partial charge on any atom is 0.255 e. The van der Waals surface area contributed by atoms with E-state index < -0.39 is 0 Å². The summed E-state index contributed by atoms with van der Waals surface area (Å²) in [7, 11) is 0. The summed E-state index contributed by atoms with van der Waals surface area (Å²) in [6.45, 7) is 6.89. The second-order valence-electron chi connectivity index (χ2n) is 6.13. The lowest BCUT2D eigenvalue weighted by Gasteiger charge is -2.35. The van der Waals surface area contributed by atoms with Crippen LogP contribution in [-0.2, 0) is 6.54 Å². The number of hydrogen-bond donors (Lipinski definition) is 0. The van der Waals surface area contributed by atoms with Gasteiger partial charge in [0.1, 0.15) is 5.75 Å². The summed E-state index contributed by atoms with van der Waals surface area (Å²) in [5.41, 5.74) is 2.01. The maximum absolute atomic E-state index is 12.6. The summed E-state index contributed by atoms with van der Waals surface area (Å²) >= 11 is 3.47. The first-order valence-corrected chi connectivity index (χ1v) is 9.44. The van der Waals surface area contributed by atoms with E-state index >= 15 is 0 Å². The fourth-order valence-corrected chi connectivity index (χ4v) is 3.48. The second kappa shape index (κ2) is 8.50. The van der Waals surface area contributed by atoms with Crippen LogP contribution in [0.4, 0.5) is 0 Å². The number of carbonyl (C=O) groups is 1. The van der Waals surface area contributed by atoms with Gasteiger partial charge in [-0.1, -0.05) is 24.3 Å². The van der Waals surface area contributed by atoms with Gasteiger partial charge >= 0.3 is 0 Å². The largest absolute Gasteiger partial charge is 0.494 e. The summed E-state index contributed by atoms with van der Waals surface area (Å²) in [5, 5.41) is 0. The number of carbonyl (C=O) groups excluding carboxylic acids is 1. The van der Waals surface area contributed by atoms with E-state index in [-0.39, 0.29) is 5.91 Å². The van der Waals surface area contributed by atoms with Crippen molar-refractivity contribution >= 4 is 21.8 Å². The third-order valence-electron chi connectivity index (χ3n) is 4.40. The molecule has 1 saturated heterocycles. The van der Waals surface area contributed by atoms with Crippen molar-refractivity contribution in [1.29, 1.82) is 0 Å². The van der Waals surface area contributed by atoms with Crippen LogP contribution in [0.2, 0.25) is 0 Å². The standard InChI is InChI=1S/C20H23BrN2O2/c1-2-25-17-9-7-16(8-10-17)15-22-11-13-23(14-12-22)20(24)18-5-3-4-6-19(18)21/h3-10H,2,11-15H2,1H3. The summed E-state index contributed by atoms with van der Waals surface area (Å²) < 4.78 is 6.34. The normalized spacial score (nSPS) is 15.2. The Kier molecular flexibility index (Phi) is 6.10. The second-order valence-corrected chi connectivity index (χ2v) is 6.98. The fourth-order valence-electron chi connectivity index (χ4n) is 3.03. The zero-order valence-electron chi connectivity index (χ0n) is 14.5. The molecule has 4 nitrogen and oxygen atoms in total. The quantitative estimate of drug-likeness (QED) is 0.762. The molecule has 0 spiro atoms. The Morgan fingerprint density at radius 2 is 1.72 bits per heavy atom. The van der Waals surface area contributed by atoms with Crippen molar-refractivity contribution in [2.75, 3.05) is 32.8 Å². The van der Waals surface area contributed by atoms with Gasteiger partial charge in [0.2, 0.25) is 0 Å². The molecule has 2 aromatic carbocycles. The molecule has 5 heteroatoms. The molecule has 0 radical (unpaired) electrons. The predicted octanol–water partition coefficient (Wildman–Crippen LogP) is 3.81. The highest BCUT2D eigenvalue weighted by molar-refractivity contribution is 9.10. The minimum atomic E-state index is 0.105. The lowest BCUT2D eigenvalue weighted by molar-refractivity contribution is 0.0627. The minimum absolute atomic E-state index is 0.105. The molecule has 3 rings (SSSR count). The van der Waals surface area contributed by atoms with E-state index in [4.69, 9.17) is 4.74 Å². The van der Waals surface area contributed by atoms with E-state index in [0.717, 1.165) is 48.5 Å². The van der Waals surface area contributed by atoms with E-state index in [1.54, 1.807) is 0 Å². The van der Waals surface area contributed by atoms with E-state index in [2.05, 4.69) is 33.0 Å². The minimum Gasteiger partial charge on any atom is -0.494 e. The highest BCUT2D eigenvalue weighted by atomic mass is 79.9. The average Bonchev–Trinajstić information content (AvgIpc) is 2.64. The predicted molar refractivity (Wildman–Crippen MR) is 103 cm³/mol. The van der Waals surface area contributed by atoms with Gasteiger partial charge in [-0.3, -0.25) is 9.69 Å². The van der Waals surface area contributed by atoms with Gasteiger partial charge in [0, 0.05) is 37.2 Å². The molecule has 132 valence electrons. The Morgan fingerprint density at radius 3 is 2.36 bits per heavy atom. The van der Waals surface area contributed by atoms with Crippen LogP contribution >= 0.6 is 15.9 Å². The van der Waals surface area contributed by atoms with Crippen LogP contribution in [0.15, 0.2) is 53.0 Å². The van der Waals surface area contributed by atoms with Crippen LogP contribution in [0.5, 0.6) is 5.75 Å². The first kappa shape index (κ1) is 18.0. The number of nitrogens with zero attached hydrogens (tertiary/aromatic N) is 2. The lowest BCUT2D eigenvalue weighted by atomic mass is 10.1. The molecular formula is C20H23BrN2O2. The number of amides is 1.